The van der Waals surface area contributed by atoms with Gasteiger partial charge in [-0.05, 0) is 61.4 Å². The van der Waals surface area contributed by atoms with Crippen LogP contribution >= 0.6 is 0 Å². The maximum absolute atomic E-state index is 12.2. The van der Waals surface area contributed by atoms with E-state index in [9.17, 15) is 4.79 Å². The number of carbonyl (C=O) groups is 1. The van der Waals surface area contributed by atoms with Gasteiger partial charge in [0.25, 0.3) is 5.91 Å². The van der Waals surface area contributed by atoms with E-state index >= 15 is 0 Å². The highest BCUT2D eigenvalue weighted by atomic mass is 16.5. The number of aromatic nitrogens is 1. The summed E-state index contributed by atoms with van der Waals surface area (Å²) in [7, 11) is 0. The lowest BCUT2D eigenvalue weighted by atomic mass is 10.1. The second kappa shape index (κ2) is 8.34. The molecular formula is C21H22N2O3. The van der Waals surface area contributed by atoms with Gasteiger partial charge >= 0.3 is 0 Å². The van der Waals surface area contributed by atoms with Crippen molar-refractivity contribution >= 4 is 22.5 Å². The average Bonchev–Trinajstić information content (AvgIpc) is 2.68. The summed E-state index contributed by atoms with van der Waals surface area (Å²) in [5.74, 6) is 1.20. The molecule has 0 saturated carbocycles. The summed E-state index contributed by atoms with van der Waals surface area (Å²) in [5.41, 5.74) is 2.68. The summed E-state index contributed by atoms with van der Waals surface area (Å²) in [4.78, 5) is 16.6. The molecule has 0 bridgehead atoms. The van der Waals surface area contributed by atoms with Crippen LogP contribution in [-0.2, 0) is 4.79 Å². The summed E-state index contributed by atoms with van der Waals surface area (Å²) >= 11 is 0. The number of nitrogens with zero attached hydrogens (tertiary/aromatic N) is 1. The zero-order valence-corrected chi connectivity index (χ0v) is 15.0. The van der Waals surface area contributed by atoms with Crippen LogP contribution in [0.1, 0.15) is 18.9 Å². The standard InChI is InChI=1S/C21H22N2O3/c1-3-13-25-16-7-9-17(10-8-16)26-14-20(24)23-19-11-6-15(2)21-18(19)5-4-12-22-21/h4-12H,3,13-14H2,1-2H3,(H,23,24). The number of ether oxygens (including phenoxy) is 2. The number of benzene rings is 2. The Bertz CT molecular complexity index is 891. The fourth-order valence-corrected chi connectivity index (χ4v) is 2.61. The molecule has 134 valence electrons. The highest BCUT2D eigenvalue weighted by molar-refractivity contribution is 6.02. The van der Waals surface area contributed by atoms with Crippen LogP contribution in [0, 0.1) is 6.92 Å². The van der Waals surface area contributed by atoms with E-state index < -0.39 is 0 Å². The predicted octanol–water partition coefficient (Wildman–Crippen LogP) is 4.35. The molecule has 0 aliphatic rings. The molecule has 0 aliphatic carbocycles. The maximum Gasteiger partial charge on any atom is 0.262 e. The van der Waals surface area contributed by atoms with Crippen LogP contribution in [0.2, 0.25) is 0 Å². The van der Waals surface area contributed by atoms with Gasteiger partial charge < -0.3 is 14.8 Å². The van der Waals surface area contributed by atoms with Gasteiger partial charge in [0, 0.05) is 11.6 Å². The van der Waals surface area contributed by atoms with Crippen molar-refractivity contribution in [2.24, 2.45) is 0 Å². The monoisotopic (exact) mass is 350 g/mol. The molecule has 1 amide bonds. The molecule has 26 heavy (non-hydrogen) atoms. The minimum atomic E-state index is -0.217. The van der Waals surface area contributed by atoms with Gasteiger partial charge in [-0.2, -0.15) is 0 Å². The largest absolute Gasteiger partial charge is 0.494 e. The van der Waals surface area contributed by atoms with Crippen LogP contribution in [-0.4, -0.2) is 24.1 Å². The summed E-state index contributed by atoms with van der Waals surface area (Å²) < 4.78 is 11.1. The fourth-order valence-electron chi connectivity index (χ4n) is 2.61. The Labute approximate surface area is 153 Å². The number of amides is 1. The number of hydrogen-bond donors (Lipinski definition) is 1. The van der Waals surface area contributed by atoms with E-state index in [2.05, 4.69) is 17.2 Å². The van der Waals surface area contributed by atoms with Crippen molar-refractivity contribution in [1.29, 1.82) is 0 Å². The Morgan fingerprint density at radius 1 is 1.04 bits per heavy atom. The Morgan fingerprint density at radius 2 is 1.77 bits per heavy atom. The minimum absolute atomic E-state index is 0.0647. The van der Waals surface area contributed by atoms with Gasteiger partial charge in [0.1, 0.15) is 11.5 Å². The number of carbonyl (C=O) groups excluding carboxylic acids is 1. The highest BCUT2D eigenvalue weighted by Crippen LogP contribution is 2.24. The van der Waals surface area contributed by atoms with Crippen LogP contribution in [0.4, 0.5) is 5.69 Å². The van der Waals surface area contributed by atoms with E-state index in [-0.39, 0.29) is 12.5 Å². The SMILES string of the molecule is CCCOc1ccc(OCC(=O)Nc2ccc(C)c3ncccc23)cc1. The van der Waals surface area contributed by atoms with E-state index in [4.69, 9.17) is 9.47 Å². The molecule has 0 unspecified atom stereocenters. The number of rotatable bonds is 7. The van der Waals surface area contributed by atoms with Crippen molar-refractivity contribution in [3.05, 3.63) is 60.3 Å². The molecule has 0 spiro atoms. The van der Waals surface area contributed by atoms with Gasteiger partial charge in [0.05, 0.1) is 17.8 Å². The summed E-state index contributed by atoms with van der Waals surface area (Å²) in [6, 6.07) is 14.9. The quantitative estimate of drug-likeness (QED) is 0.688. The Hall–Kier alpha value is -3.08. The van der Waals surface area contributed by atoms with Gasteiger partial charge in [-0.15, -0.1) is 0 Å². The van der Waals surface area contributed by atoms with Gasteiger partial charge in [-0.1, -0.05) is 13.0 Å². The lowest BCUT2D eigenvalue weighted by Crippen LogP contribution is -2.20. The van der Waals surface area contributed by atoms with Gasteiger partial charge in [0.15, 0.2) is 6.61 Å². The third-order valence-corrected chi connectivity index (χ3v) is 3.91. The van der Waals surface area contributed by atoms with Crippen LogP contribution in [0.25, 0.3) is 10.9 Å². The van der Waals surface area contributed by atoms with Crippen molar-refractivity contribution in [3.63, 3.8) is 0 Å². The number of fused-ring (bicyclic) bond motifs is 1. The van der Waals surface area contributed by atoms with E-state index in [1.54, 1.807) is 18.3 Å². The minimum Gasteiger partial charge on any atom is -0.494 e. The van der Waals surface area contributed by atoms with E-state index in [1.165, 1.54) is 0 Å². The smallest absolute Gasteiger partial charge is 0.262 e. The molecular weight excluding hydrogens is 328 g/mol. The fraction of sp³-hybridized carbons (Fsp3) is 0.238. The molecule has 1 aromatic heterocycles. The lowest BCUT2D eigenvalue weighted by molar-refractivity contribution is -0.118. The third kappa shape index (κ3) is 4.30. The Morgan fingerprint density at radius 3 is 2.50 bits per heavy atom. The topological polar surface area (TPSA) is 60.5 Å². The number of hydrogen-bond acceptors (Lipinski definition) is 4. The molecule has 0 atom stereocenters. The van der Waals surface area contributed by atoms with E-state index in [0.717, 1.165) is 34.3 Å². The van der Waals surface area contributed by atoms with E-state index in [1.807, 2.05) is 43.3 Å². The molecule has 0 fully saturated rings. The Balaban J connectivity index is 1.60. The lowest BCUT2D eigenvalue weighted by Gasteiger charge is -2.11. The van der Waals surface area contributed by atoms with Gasteiger partial charge in [0.2, 0.25) is 0 Å². The van der Waals surface area contributed by atoms with Crippen LogP contribution in [0.3, 0.4) is 0 Å². The van der Waals surface area contributed by atoms with Crippen LogP contribution in [0.5, 0.6) is 11.5 Å². The van der Waals surface area contributed by atoms with Crippen molar-refractivity contribution in [1.82, 2.24) is 4.98 Å². The predicted molar refractivity (Wildman–Crippen MR) is 103 cm³/mol. The molecule has 0 saturated heterocycles. The molecule has 1 heterocycles. The number of nitrogens with one attached hydrogen (secondary N) is 1. The zero-order valence-electron chi connectivity index (χ0n) is 15.0. The Kier molecular flexibility index (Phi) is 5.69. The molecule has 5 nitrogen and oxygen atoms in total. The van der Waals surface area contributed by atoms with Crippen LogP contribution < -0.4 is 14.8 Å². The highest BCUT2D eigenvalue weighted by Gasteiger charge is 2.09. The first-order valence-corrected chi connectivity index (χ1v) is 8.67. The summed E-state index contributed by atoms with van der Waals surface area (Å²) in [6.45, 7) is 4.67. The summed E-state index contributed by atoms with van der Waals surface area (Å²) in [6.07, 6.45) is 2.71. The molecule has 1 N–H and O–H groups in total. The molecule has 3 rings (SSSR count). The molecule has 2 aromatic carbocycles. The van der Waals surface area contributed by atoms with E-state index in [0.29, 0.717) is 12.4 Å². The number of aryl methyl sites for hydroxylation is 1. The molecule has 5 heteroatoms. The van der Waals surface area contributed by atoms with Gasteiger partial charge in [-0.3, -0.25) is 9.78 Å². The molecule has 0 aliphatic heterocycles. The van der Waals surface area contributed by atoms with Crippen LogP contribution in [0.15, 0.2) is 54.7 Å². The first-order valence-electron chi connectivity index (χ1n) is 8.67. The van der Waals surface area contributed by atoms with Gasteiger partial charge in [-0.25, -0.2) is 0 Å². The normalized spacial score (nSPS) is 10.5. The maximum atomic E-state index is 12.2. The van der Waals surface area contributed by atoms with Crippen molar-refractivity contribution in [3.8, 4) is 11.5 Å². The first-order chi connectivity index (χ1) is 12.7. The molecule has 3 aromatic rings. The first kappa shape index (κ1) is 17.7. The number of anilines is 1. The van der Waals surface area contributed by atoms with Crippen molar-refractivity contribution in [2.45, 2.75) is 20.3 Å². The van der Waals surface area contributed by atoms with Crippen molar-refractivity contribution < 1.29 is 14.3 Å². The molecule has 0 radical (unpaired) electrons. The average molecular weight is 350 g/mol. The second-order valence-electron chi connectivity index (χ2n) is 5.99. The summed E-state index contributed by atoms with van der Waals surface area (Å²) in [5, 5.41) is 3.81. The number of pyridine rings is 1. The van der Waals surface area contributed by atoms with Crippen molar-refractivity contribution in [2.75, 3.05) is 18.5 Å². The zero-order chi connectivity index (χ0) is 18.4. The third-order valence-electron chi connectivity index (χ3n) is 3.91. The second-order valence-corrected chi connectivity index (χ2v) is 5.99.